The average Bonchev–Trinajstić information content (AvgIpc) is 3.30. The second-order valence-electron chi connectivity index (χ2n) is 11.4. The van der Waals surface area contributed by atoms with Crippen molar-refractivity contribution in [1.82, 2.24) is 14.7 Å². The van der Waals surface area contributed by atoms with Gasteiger partial charge in [0.15, 0.2) is 0 Å². The minimum Gasteiger partial charge on any atom is -0.426 e. The molecule has 3 amide bonds. The maximum atomic E-state index is 13.6. The van der Waals surface area contributed by atoms with Crippen molar-refractivity contribution in [3.05, 3.63) is 34.9 Å². The van der Waals surface area contributed by atoms with E-state index in [0.29, 0.717) is 24.9 Å². The zero-order valence-corrected chi connectivity index (χ0v) is 23.3. The van der Waals surface area contributed by atoms with Crippen molar-refractivity contribution in [2.24, 2.45) is 11.7 Å². The predicted octanol–water partition coefficient (Wildman–Crippen LogP) is 5.10. The number of nitrogens with zero attached hydrogens (tertiary/aromatic N) is 3. The Morgan fingerprint density at radius 2 is 1.45 bits per heavy atom. The fourth-order valence-corrected chi connectivity index (χ4v) is 6.24. The first-order valence-electron chi connectivity index (χ1n) is 13.9. The number of benzene rings is 1. The van der Waals surface area contributed by atoms with Crippen molar-refractivity contribution in [1.29, 1.82) is 0 Å². The van der Waals surface area contributed by atoms with E-state index in [1.807, 2.05) is 4.90 Å². The number of primary amides is 1. The summed E-state index contributed by atoms with van der Waals surface area (Å²) in [4.78, 5) is 41.3. The Hall–Kier alpha value is -3.24. The lowest BCUT2D eigenvalue weighted by molar-refractivity contribution is -0.308. The first-order valence-corrected chi connectivity index (χ1v) is 13.9. The largest absolute Gasteiger partial charge is 0.434 e. The molecule has 1 aromatic carbocycles. The van der Waals surface area contributed by atoms with Crippen LogP contribution in [0.5, 0.6) is 0 Å². The summed E-state index contributed by atoms with van der Waals surface area (Å²) >= 11 is 0. The Morgan fingerprint density at radius 1 is 0.864 bits per heavy atom. The third-order valence-corrected chi connectivity index (χ3v) is 8.72. The number of halogens is 9. The van der Waals surface area contributed by atoms with Gasteiger partial charge in [-0.1, -0.05) is 6.07 Å². The normalized spacial score (nSPS) is 20.4. The summed E-state index contributed by atoms with van der Waals surface area (Å²) in [5, 5.41) is 0. The number of amides is 3. The van der Waals surface area contributed by atoms with Gasteiger partial charge in [-0.2, -0.15) is 39.5 Å². The number of hydrogen-bond donors (Lipinski definition) is 1. The lowest BCUT2D eigenvalue weighted by Gasteiger charge is -2.45. The first-order chi connectivity index (χ1) is 20.3. The van der Waals surface area contributed by atoms with Gasteiger partial charge in [0.2, 0.25) is 5.91 Å². The van der Waals surface area contributed by atoms with Gasteiger partial charge in [0, 0.05) is 49.7 Å². The highest BCUT2D eigenvalue weighted by atomic mass is 19.4. The summed E-state index contributed by atoms with van der Waals surface area (Å²) < 4.78 is 122. The molecule has 1 aromatic rings. The van der Waals surface area contributed by atoms with Crippen molar-refractivity contribution >= 4 is 17.9 Å². The second-order valence-corrected chi connectivity index (χ2v) is 11.4. The van der Waals surface area contributed by atoms with E-state index in [1.165, 1.54) is 11.0 Å². The minimum atomic E-state index is -5.85. The monoisotopic (exact) mass is 646 g/mol. The molecule has 4 rings (SSSR count). The second kappa shape index (κ2) is 12.3. The summed E-state index contributed by atoms with van der Waals surface area (Å²) in [5.41, 5.74) is 3.82. The predicted molar refractivity (Wildman–Crippen MR) is 135 cm³/mol. The van der Waals surface area contributed by atoms with E-state index in [1.54, 1.807) is 0 Å². The van der Waals surface area contributed by atoms with Gasteiger partial charge in [-0.15, -0.1) is 0 Å². The zero-order chi connectivity index (χ0) is 32.7. The minimum absolute atomic E-state index is 0.0473. The van der Waals surface area contributed by atoms with Gasteiger partial charge in [0.05, 0.1) is 5.56 Å². The topological polar surface area (TPSA) is 96.2 Å². The number of carbonyl (C=O) groups is 3. The average molecular weight is 647 g/mol. The summed E-state index contributed by atoms with van der Waals surface area (Å²) in [7, 11) is 0. The van der Waals surface area contributed by atoms with Gasteiger partial charge in [0.1, 0.15) is 0 Å². The molecule has 246 valence electrons. The quantitative estimate of drug-likeness (QED) is 0.450. The van der Waals surface area contributed by atoms with E-state index in [-0.39, 0.29) is 64.0 Å². The number of nitrogens with two attached hydrogens (primary N) is 1. The molecule has 0 saturated carbocycles. The van der Waals surface area contributed by atoms with Crippen molar-refractivity contribution in [2.75, 3.05) is 32.7 Å². The van der Waals surface area contributed by atoms with Crippen LogP contribution in [0.15, 0.2) is 18.2 Å². The number of hydrogen-bond acceptors (Lipinski definition) is 5. The number of carbonyl (C=O) groups excluding carboxylic acids is 3. The van der Waals surface area contributed by atoms with Crippen LogP contribution >= 0.6 is 0 Å². The molecule has 1 spiro atoms. The number of alkyl halides is 9. The Bertz CT molecular complexity index is 1220. The Labute approximate surface area is 246 Å². The van der Waals surface area contributed by atoms with Crippen molar-refractivity contribution in [3.8, 4) is 0 Å². The van der Waals surface area contributed by atoms with Crippen molar-refractivity contribution < 1.29 is 58.6 Å². The van der Waals surface area contributed by atoms with E-state index in [0.717, 1.165) is 17.0 Å². The van der Waals surface area contributed by atoms with Crippen LogP contribution in [0.2, 0.25) is 0 Å². The molecule has 2 N–H and O–H groups in total. The highest BCUT2D eigenvalue weighted by molar-refractivity contribution is 5.96. The molecule has 3 saturated heterocycles. The number of likely N-dealkylation sites (tertiary alicyclic amines) is 3. The Kier molecular flexibility index (Phi) is 9.39. The van der Waals surface area contributed by atoms with Crippen LogP contribution in [0.1, 0.15) is 60.0 Å². The Balaban J connectivity index is 1.49. The SMILES string of the molecule is NC(=O)C1CCN(C(=O)c2cc(C(F)(F)F)ccc2CN2CCCC23CCN(C(=O)OC(C(F)(F)F)C(F)(F)F)CC3)CC1. The smallest absolute Gasteiger partial charge is 0.426 e. The van der Waals surface area contributed by atoms with E-state index >= 15 is 0 Å². The summed E-state index contributed by atoms with van der Waals surface area (Å²) in [5.74, 6) is -1.60. The molecule has 3 fully saturated rings. The van der Waals surface area contributed by atoms with Crippen LogP contribution in [0.4, 0.5) is 44.3 Å². The molecule has 0 unspecified atom stereocenters. The number of rotatable bonds is 5. The molecule has 17 heteroatoms. The molecule has 0 aromatic heterocycles. The molecule has 3 aliphatic rings. The first kappa shape index (κ1) is 33.6. The van der Waals surface area contributed by atoms with Gasteiger partial charge in [-0.25, -0.2) is 4.79 Å². The van der Waals surface area contributed by atoms with Gasteiger partial charge in [0.25, 0.3) is 12.0 Å². The zero-order valence-electron chi connectivity index (χ0n) is 23.3. The standard InChI is InChI=1S/C27H31F9N4O4/c28-25(29,30)18-3-2-17(19(14-18)21(42)38-10-4-16(5-11-38)20(37)41)15-40-9-1-6-24(40)7-12-39(13-8-24)23(43)44-22(26(31,32)33)27(34,35)36/h2-3,14,16,22H,1,4-13,15H2,(H2,37,41). The lowest BCUT2D eigenvalue weighted by Crippen LogP contribution is -2.54. The van der Waals surface area contributed by atoms with Crippen LogP contribution < -0.4 is 5.73 Å². The van der Waals surface area contributed by atoms with E-state index in [4.69, 9.17) is 5.73 Å². The van der Waals surface area contributed by atoms with Crippen LogP contribution in [0, 0.1) is 5.92 Å². The highest BCUT2D eigenvalue weighted by Crippen LogP contribution is 2.41. The molecule has 3 heterocycles. The molecular formula is C27H31F9N4O4. The van der Waals surface area contributed by atoms with Gasteiger partial charge >= 0.3 is 24.6 Å². The fraction of sp³-hybridized carbons (Fsp3) is 0.667. The lowest BCUT2D eigenvalue weighted by atomic mass is 9.84. The van der Waals surface area contributed by atoms with Crippen LogP contribution in [0.25, 0.3) is 0 Å². The third kappa shape index (κ3) is 7.34. The van der Waals surface area contributed by atoms with Gasteiger partial charge in [-0.05, 0) is 62.8 Å². The van der Waals surface area contributed by atoms with E-state index in [2.05, 4.69) is 4.74 Å². The molecule has 0 bridgehead atoms. The molecule has 0 atom stereocenters. The Morgan fingerprint density at radius 3 is 1.98 bits per heavy atom. The summed E-state index contributed by atoms with van der Waals surface area (Å²) in [6.45, 7) is 0.367. The van der Waals surface area contributed by atoms with Crippen LogP contribution in [0.3, 0.4) is 0 Å². The van der Waals surface area contributed by atoms with Crippen LogP contribution in [-0.2, 0) is 22.3 Å². The fourth-order valence-electron chi connectivity index (χ4n) is 6.24. The number of ether oxygens (including phenoxy) is 1. The van der Waals surface area contributed by atoms with E-state index in [9.17, 15) is 53.9 Å². The molecule has 3 aliphatic heterocycles. The number of piperidine rings is 2. The van der Waals surface area contributed by atoms with Crippen molar-refractivity contribution in [2.45, 2.75) is 75.2 Å². The highest BCUT2D eigenvalue weighted by Gasteiger charge is 2.60. The third-order valence-electron chi connectivity index (χ3n) is 8.72. The maximum Gasteiger partial charge on any atom is 0.434 e. The van der Waals surface area contributed by atoms with Gasteiger partial charge in [-0.3, -0.25) is 14.5 Å². The van der Waals surface area contributed by atoms with E-state index < -0.39 is 59.6 Å². The molecule has 44 heavy (non-hydrogen) atoms. The summed E-state index contributed by atoms with van der Waals surface area (Å²) in [6, 6.07) is 2.88. The molecule has 0 aliphatic carbocycles. The van der Waals surface area contributed by atoms with Crippen LogP contribution in [-0.4, -0.2) is 89.3 Å². The van der Waals surface area contributed by atoms with Gasteiger partial charge < -0.3 is 20.3 Å². The maximum absolute atomic E-state index is 13.6. The summed E-state index contributed by atoms with van der Waals surface area (Å²) in [6.07, 6.45) is -20.4. The molecule has 0 radical (unpaired) electrons. The molecular weight excluding hydrogens is 615 g/mol. The molecule has 8 nitrogen and oxygen atoms in total. The van der Waals surface area contributed by atoms with Crippen molar-refractivity contribution in [3.63, 3.8) is 0 Å².